The van der Waals surface area contributed by atoms with E-state index in [4.69, 9.17) is 0 Å². The lowest BCUT2D eigenvalue weighted by atomic mass is 10.1. The van der Waals surface area contributed by atoms with Crippen molar-refractivity contribution >= 4 is 18.0 Å². The van der Waals surface area contributed by atoms with Crippen molar-refractivity contribution in [3.63, 3.8) is 0 Å². The minimum atomic E-state index is -0.438. The second-order valence-corrected chi connectivity index (χ2v) is 3.23. The first-order valence-electron chi connectivity index (χ1n) is 4.68. The number of nitro benzene ring substituents is 1. The third kappa shape index (κ3) is 3.49. The summed E-state index contributed by atoms with van der Waals surface area (Å²) in [5.41, 5.74) is 1.83. The zero-order valence-electron chi connectivity index (χ0n) is 8.79. The van der Waals surface area contributed by atoms with E-state index in [1.54, 1.807) is 18.2 Å². The first kappa shape index (κ1) is 11.8. The van der Waals surface area contributed by atoms with E-state index < -0.39 is 4.92 Å². The highest BCUT2D eigenvalue weighted by molar-refractivity contribution is 5.67. The van der Waals surface area contributed by atoms with E-state index in [2.05, 4.69) is 0 Å². The molecule has 0 amide bonds. The van der Waals surface area contributed by atoms with Crippen LogP contribution < -0.4 is 0 Å². The molecular formula is C12H11NO3. The summed E-state index contributed by atoms with van der Waals surface area (Å²) in [5.74, 6) is 0. The van der Waals surface area contributed by atoms with E-state index >= 15 is 0 Å². The third-order valence-corrected chi connectivity index (χ3v) is 1.94. The van der Waals surface area contributed by atoms with Crippen molar-refractivity contribution in [2.24, 2.45) is 0 Å². The number of carbonyl (C=O) groups is 1. The topological polar surface area (TPSA) is 60.2 Å². The van der Waals surface area contributed by atoms with Crippen LogP contribution in [0.15, 0.2) is 42.0 Å². The van der Waals surface area contributed by atoms with Crippen molar-refractivity contribution in [1.82, 2.24) is 0 Å². The Hall–Kier alpha value is -2.23. The van der Waals surface area contributed by atoms with E-state index in [1.165, 1.54) is 18.2 Å². The average molecular weight is 217 g/mol. The summed E-state index contributed by atoms with van der Waals surface area (Å²) >= 11 is 0. The lowest BCUT2D eigenvalue weighted by Crippen LogP contribution is -1.86. The second-order valence-electron chi connectivity index (χ2n) is 3.23. The van der Waals surface area contributed by atoms with Gasteiger partial charge in [-0.1, -0.05) is 17.7 Å². The van der Waals surface area contributed by atoms with E-state index in [9.17, 15) is 14.9 Å². The Kier molecular flexibility index (Phi) is 4.15. The standard InChI is InChI=1S/C12H11NO3/c1-10(3-2-8-14)9-11-4-6-12(7-5-11)13(15)16/h2-9H,1H3. The molecule has 0 spiro atoms. The fraction of sp³-hybridized carbons (Fsp3) is 0.0833. The van der Waals surface area contributed by atoms with Crippen LogP contribution >= 0.6 is 0 Å². The number of nitro groups is 1. The molecule has 0 aliphatic heterocycles. The molecule has 4 heteroatoms. The number of hydrogen-bond donors (Lipinski definition) is 0. The molecule has 0 aromatic heterocycles. The first-order chi connectivity index (χ1) is 7.63. The molecule has 82 valence electrons. The summed E-state index contributed by atoms with van der Waals surface area (Å²) < 4.78 is 0. The van der Waals surface area contributed by atoms with Crippen LogP contribution in [0.1, 0.15) is 12.5 Å². The van der Waals surface area contributed by atoms with Gasteiger partial charge in [0.05, 0.1) is 4.92 Å². The minimum absolute atomic E-state index is 0.0678. The van der Waals surface area contributed by atoms with Gasteiger partial charge in [-0.05, 0) is 30.7 Å². The van der Waals surface area contributed by atoms with Gasteiger partial charge in [0.1, 0.15) is 6.29 Å². The monoisotopic (exact) mass is 217 g/mol. The summed E-state index contributed by atoms with van der Waals surface area (Å²) in [6.07, 6.45) is 5.61. The number of allylic oxidation sites excluding steroid dienone is 3. The highest BCUT2D eigenvalue weighted by Gasteiger charge is 2.02. The summed E-state index contributed by atoms with van der Waals surface area (Å²) in [6, 6.07) is 6.22. The fourth-order valence-corrected chi connectivity index (χ4v) is 1.19. The fourth-order valence-electron chi connectivity index (χ4n) is 1.19. The molecule has 1 rings (SSSR count). The van der Waals surface area contributed by atoms with Gasteiger partial charge in [-0.2, -0.15) is 0 Å². The van der Waals surface area contributed by atoms with Gasteiger partial charge in [-0.25, -0.2) is 0 Å². The SMILES string of the molecule is CC(C=CC=O)=Cc1ccc([N+](=O)[O-])cc1. The van der Waals surface area contributed by atoms with Gasteiger partial charge in [-0.15, -0.1) is 0 Å². The number of aldehydes is 1. The van der Waals surface area contributed by atoms with Gasteiger partial charge in [-0.3, -0.25) is 14.9 Å². The van der Waals surface area contributed by atoms with E-state index in [0.717, 1.165) is 11.1 Å². The summed E-state index contributed by atoms with van der Waals surface area (Å²) in [6.45, 7) is 1.85. The Morgan fingerprint density at radius 1 is 1.31 bits per heavy atom. The smallest absolute Gasteiger partial charge is 0.269 e. The molecule has 0 N–H and O–H groups in total. The van der Waals surface area contributed by atoms with Crippen molar-refractivity contribution in [1.29, 1.82) is 0 Å². The predicted octanol–water partition coefficient (Wildman–Crippen LogP) is 2.75. The van der Waals surface area contributed by atoms with Crippen LogP contribution in [0.4, 0.5) is 5.69 Å². The molecular weight excluding hydrogens is 206 g/mol. The molecule has 0 fully saturated rings. The Morgan fingerprint density at radius 2 is 1.94 bits per heavy atom. The predicted molar refractivity (Wildman–Crippen MR) is 62.0 cm³/mol. The molecule has 1 aromatic carbocycles. The Bertz CT molecular complexity index is 444. The number of rotatable bonds is 4. The van der Waals surface area contributed by atoms with Crippen LogP contribution in [0, 0.1) is 10.1 Å². The second kappa shape index (κ2) is 5.60. The van der Waals surface area contributed by atoms with Crippen molar-refractivity contribution in [2.75, 3.05) is 0 Å². The van der Waals surface area contributed by atoms with Crippen molar-refractivity contribution in [2.45, 2.75) is 6.92 Å². The maximum atomic E-state index is 10.4. The molecule has 0 heterocycles. The number of benzene rings is 1. The molecule has 0 unspecified atom stereocenters. The van der Waals surface area contributed by atoms with Crippen LogP contribution in [0.5, 0.6) is 0 Å². The van der Waals surface area contributed by atoms with Crippen LogP contribution in [-0.2, 0) is 4.79 Å². The molecule has 0 aliphatic rings. The molecule has 0 atom stereocenters. The molecule has 16 heavy (non-hydrogen) atoms. The molecule has 0 saturated carbocycles. The number of non-ortho nitro benzene ring substituents is 1. The zero-order chi connectivity index (χ0) is 12.0. The van der Waals surface area contributed by atoms with Crippen LogP contribution in [-0.4, -0.2) is 11.2 Å². The number of carbonyl (C=O) groups excluding carboxylic acids is 1. The van der Waals surface area contributed by atoms with Crippen molar-refractivity contribution in [3.05, 3.63) is 57.7 Å². The maximum Gasteiger partial charge on any atom is 0.269 e. The normalized spacial score (nSPS) is 11.7. The Morgan fingerprint density at radius 3 is 2.44 bits per heavy atom. The summed E-state index contributed by atoms with van der Waals surface area (Å²) in [4.78, 5) is 20.1. The lowest BCUT2D eigenvalue weighted by molar-refractivity contribution is -0.384. The average Bonchev–Trinajstić information content (AvgIpc) is 2.27. The van der Waals surface area contributed by atoms with Crippen molar-refractivity contribution in [3.8, 4) is 0 Å². The molecule has 0 aliphatic carbocycles. The molecule has 0 saturated heterocycles. The van der Waals surface area contributed by atoms with Gasteiger partial charge in [0.25, 0.3) is 5.69 Å². The molecule has 4 nitrogen and oxygen atoms in total. The van der Waals surface area contributed by atoms with Gasteiger partial charge in [0.2, 0.25) is 0 Å². The summed E-state index contributed by atoms with van der Waals surface area (Å²) in [5, 5.41) is 10.4. The van der Waals surface area contributed by atoms with Gasteiger partial charge in [0, 0.05) is 12.1 Å². The van der Waals surface area contributed by atoms with E-state index in [-0.39, 0.29) is 5.69 Å². The summed E-state index contributed by atoms with van der Waals surface area (Å²) in [7, 11) is 0. The Labute approximate surface area is 93.1 Å². The maximum absolute atomic E-state index is 10.4. The van der Waals surface area contributed by atoms with Gasteiger partial charge < -0.3 is 0 Å². The van der Waals surface area contributed by atoms with Gasteiger partial charge >= 0.3 is 0 Å². The third-order valence-electron chi connectivity index (χ3n) is 1.94. The number of hydrogen-bond acceptors (Lipinski definition) is 3. The molecule has 0 bridgehead atoms. The van der Waals surface area contributed by atoms with Gasteiger partial charge in [0.15, 0.2) is 0 Å². The highest BCUT2D eigenvalue weighted by atomic mass is 16.6. The van der Waals surface area contributed by atoms with Crippen molar-refractivity contribution < 1.29 is 9.72 Å². The highest BCUT2D eigenvalue weighted by Crippen LogP contribution is 2.14. The van der Waals surface area contributed by atoms with E-state index in [1.807, 2.05) is 13.0 Å². The van der Waals surface area contributed by atoms with Crippen LogP contribution in [0.25, 0.3) is 6.08 Å². The quantitative estimate of drug-likeness (QED) is 0.256. The molecule has 0 radical (unpaired) electrons. The Balaban J connectivity index is 2.86. The lowest BCUT2D eigenvalue weighted by Gasteiger charge is -1.95. The molecule has 1 aromatic rings. The zero-order valence-corrected chi connectivity index (χ0v) is 8.79. The van der Waals surface area contributed by atoms with E-state index in [0.29, 0.717) is 6.29 Å². The number of nitrogens with zero attached hydrogens (tertiary/aromatic N) is 1. The first-order valence-corrected chi connectivity index (χ1v) is 4.68. The largest absolute Gasteiger partial charge is 0.299 e. The minimum Gasteiger partial charge on any atom is -0.299 e. The van der Waals surface area contributed by atoms with Crippen LogP contribution in [0.2, 0.25) is 0 Å². The van der Waals surface area contributed by atoms with Crippen LogP contribution in [0.3, 0.4) is 0 Å².